The molecule has 0 spiro atoms. The zero-order valence-corrected chi connectivity index (χ0v) is 20.1. The molecule has 1 saturated carbocycles. The lowest BCUT2D eigenvalue weighted by Crippen LogP contribution is -2.30. The van der Waals surface area contributed by atoms with Gasteiger partial charge in [-0.1, -0.05) is 36.4 Å². The lowest BCUT2D eigenvalue weighted by Gasteiger charge is -2.18. The third-order valence-electron chi connectivity index (χ3n) is 7.36. The summed E-state index contributed by atoms with van der Waals surface area (Å²) in [5.74, 6) is 1.28. The van der Waals surface area contributed by atoms with E-state index in [2.05, 4.69) is 0 Å². The first-order valence-electron chi connectivity index (χ1n) is 12.5. The smallest absolute Gasteiger partial charge is 0.416 e. The van der Waals surface area contributed by atoms with Crippen LogP contribution in [0.15, 0.2) is 66.7 Å². The van der Waals surface area contributed by atoms with Crippen LogP contribution in [0, 0.1) is 11.8 Å². The molecule has 1 N–H and O–H groups in total. The number of phenols is 1. The minimum atomic E-state index is -4.45. The Morgan fingerprint density at radius 2 is 1.70 bits per heavy atom. The summed E-state index contributed by atoms with van der Waals surface area (Å²) in [5.41, 5.74) is 2.80. The van der Waals surface area contributed by atoms with Crippen LogP contribution in [0.3, 0.4) is 0 Å². The molecular formula is C29H26F3N3O2. The van der Waals surface area contributed by atoms with Crippen molar-refractivity contribution in [1.82, 2.24) is 14.5 Å². The molecule has 5 nitrogen and oxygen atoms in total. The van der Waals surface area contributed by atoms with E-state index in [1.165, 1.54) is 12.1 Å². The molecule has 1 atom stereocenters. The standard InChI is InChI=1S/C29H26F3N3O2/c30-29(31,32)23-10-11-25-26(15-23)35(17-18-12-13-34(16-18)28(37)21-8-9-21)27(33-25)20-6-4-19(5-7-20)22-2-1-3-24(36)14-22/h1-7,10-11,14-15,18,21,36H,8-9,12-13,16-17H2/t18-/m0/s1. The molecule has 1 aromatic heterocycles. The maximum absolute atomic E-state index is 13.5. The van der Waals surface area contributed by atoms with Crippen LogP contribution < -0.4 is 0 Å². The first kappa shape index (κ1) is 23.6. The number of halogens is 3. The highest BCUT2D eigenvalue weighted by Crippen LogP contribution is 2.36. The molecular weight excluding hydrogens is 479 g/mol. The molecule has 1 aliphatic carbocycles. The minimum absolute atomic E-state index is 0.139. The van der Waals surface area contributed by atoms with E-state index < -0.39 is 11.7 Å². The lowest BCUT2D eigenvalue weighted by atomic mass is 10.0. The van der Waals surface area contributed by atoms with Crippen LogP contribution in [0.2, 0.25) is 0 Å². The SMILES string of the molecule is O=C(C1CC1)N1CC[C@H](Cn2c(-c3ccc(-c4cccc(O)c4)cc3)nc3ccc(C(F)(F)F)cc32)C1. The van der Waals surface area contributed by atoms with Crippen LogP contribution in [-0.2, 0) is 17.5 Å². The monoisotopic (exact) mass is 505 g/mol. The summed E-state index contributed by atoms with van der Waals surface area (Å²) >= 11 is 0. The van der Waals surface area contributed by atoms with Crippen LogP contribution in [0.4, 0.5) is 13.2 Å². The second-order valence-electron chi connectivity index (χ2n) is 10.1. The van der Waals surface area contributed by atoms with E-state index >= 15 is 0 Å². The van der Waals surface area contributed by atoms with E-state index in [0.29, 0.717) is 36.5 Å². The van der Waals surface area contributed by atoms with E-state index in [-0.39, 0.29) is 23.5 Å². The second kappa shape index (κ2) is 8.94. The highest BCUT2D eigenvalue weighted by Gasteiger charge is 2.37. The Morgan fingerprint density at radius 1 is 0.946 bits per heavy atom. The fraction of sp³-hybridized carbons (Fsp3) is 0.310. The molecule has 2 fully saturated rings. The molecule has 2 aliphatic rings. The fourth-order valence-electron chi connectivity index (χ4n) is 5.23. The maximum Gasteiger partial charge on any atom is 0.416 e. The van der Waals surface area contributed by atoms with Gasteiger partial charge in [-0.2, -0.15) is 13.2 Å². The van der Waals surface area contributed by atoms with Gasteiger partial charge in [-0.15, -0.1) is 0 Å². The van der Waals surface area contributed by atoms with Gasteiger partial charge in [0, 0.05) is 31.1 Å². The highest BCUT2D eigenvalue weighted by molar-refractivity contribution is 5.82. The predicted octanol–water partition coefficient (Wildman–Crippen LogP) is 6.35. The zero-order chi connectivity index (χ0) is 25.7. The number of aromatic nitrogens is 2. The number of amides is 1. The van der Waals surface area contributed by atoms with Crippen molar-refractivity contribution in [2.24, 2.45) is 11.8 Å². The van der Waals surface area contributed by atoms with Gasteiger partial charge in [-0.3, -0.25) is 4.79 Å². The minimum Gasteiger partial charge on any atom is -0.508 e. The van der Waals surface area contributed by atoms with E-state index in [4.69, 9.17) is 4.98 Å². The third kappa shape index (κ3) is 4.68. The molecule has 1 amide bonds. The lowest BCUT2D eigenvalue weighted by molar-refractivity contribution is -0.137. The summed E-state index contributed by atoms with van der Waals surface area (Å²) in [5, 5.41) is 9.81. The summed E-state index contributed by atoms with van der Waals surface area (Å²) in [7, 11) is 0. The number of rotatable bonds is 5. The molecule has 1 aliphatic heterocycles. The summed E-state index contributed by atoms with van der Waals surface area (Å²) in [6, 6.07) is 18.3. The molecule has 37 heavy (non-hydrogen) atoms. The second-order valence-corrected chi connectivity index (χ2v) is 10.1. The predicted molar refractivity (Wildman–Crippen MR) is 135 cm³/mol. The zero-order valence-electron chi connectivity index (χ0n) is 20.1. The van der Waals surface area contributed by atoms with Crippen molar-refractivity contribution in [3.63, 3.8) is 0 Å². The normalized spacial score (nSPS) is 18.0. The summed E-state index contributed by atoms with van der Waals surface area (Å²) in [6.45, 7) is 1.79. The molecule has 190 valence electrons. The molecule has 4 aromatic rings. The van der Waals surface area contributed by atoms with Crippen molar-refractivity contribution >= 4 is 16.9 Å². The Bertz CT molecular complexity index is 1470. The van der Waals surface area contributed by atoms with Crippen LogP contribution in [0.1, 0.15) is 24.8 Å². The molecule has 0 unspecified atom stereocenters. The first-order valence-corrected chi connectivity index (χ1v) is 12.5. The molecule has 0 radical (unpaired) electrons. The summed E-state index contributed by atoms with van der Waals surface area (Å²) < 4.78 is 42.5. The average molecular weight is 506 g/mol. The quantitative estimate of drug-likeness (QED) is 0.344. The number of benzene rings is 3. The number of aromatic hydroxyl groups is 1. The molecule has 3 aromatic carbocycles. The number of hydrogen-bond donors (Lipinski definition) is 1. The van der Waals surface area contributed by atoms with Gasteiger partial charge in [-0.05, 0) is 66.6 Å². The maximum atomic E-state index is 13.5. The Hall–Kier alpha value is -3.81. The van der Waals surface area contributed by atoms with Crippen LogP contribution in [-0.4, -0.2) is 38.6 Å². The fourth-order valence-corrected chi connectivity index (χ4v) is 5.23. The van der Waals surface area contributed by atoms with Crippen LogP contribution in [0.5, 0.6) is 5.75 Å². The Balaban J connectivity index is 1.36. The van der Waals surface area contributed by atoms with Gasteiger partial charge in [0.05, 0.1) is 16.6 Å². The first-order chi connectivity index (χ1) is 17.8. The van der Waals surface area contributed by atoms with Crippen molar-refractivity contribution < 1.29 is 23.1 Å². The van der Waals surface area contributed by atoms with Gasteiger partial charge in [0.15, 0.2) is 0 Å². The van der Waals surface area contributed by atoms with Crippen molar-refractivity contribution in [3.8, 4) is 28.3 Å². The van der Waals surface area contributed by atoms with Gasteiger partial charge in [0.25, 0.3) is 0 Å². The van der Waals surface area contributed by atoms with Gasteiger partial charge in [0.2, 0.25) is 5.91 Å². The van der Waals surface area contributed by atoms with Crippen molar-refractivity contribution in [2.75, 3.05) is 13.1 Å². The van der Waals surface area contributed by atoms with Gasteiger partial charge in [0.1, 0.15) is 11.6 Å². The van der Waals surface area contributed by atoms with Gasteiger partial charge >= 0.3 is 6.18 Å². The number of carbonyl (C=O) groups excluding carboxylic acids is 1. The topological polar surface area (TPSA) is 58.4 Å². The average Bonchev–Trinajstić information content (AvgIpc) is 3.53. The van der Waals surface area contributed by atoms with Crippen LogP contribution >= 0.6 is 0 Å². The number of alkyl halides is 3. The molecule has 8 heteroatoms. The van der Waals surface area contributed by atoms with Gasteiger partial charge in [-0.25, -0.2) is 4.98 Å². The van der Waals surface area contributed by atoms with Crippen molar-refractivity contribution in [2.45, 2.75) is 32.0 Å². The molecule has 2 heterocycles. The number of phenolic OH excluding ortho intramolecular Hbond substituents is 1. The van der Waals surface area contributed by atoms with E-state index in [9.17, 15) is 23.1 Å². The highest BCUT2D eigenvalue weighted by atomic mass is 19.4. The van der Waals surface area contributed by atoms with E-state index in [0.717, 1.165) is 42.0 Å². The number of likely N-dealkylation sites (tertiary alicyclic amines) is 1. The number of carbonyl (C=O) groups is 1. The molecule has 1 saturated heterocycles. The van der Waals surface area contributed by atoms with Crippen molar-refractivity contribution in [1.29, 1.82) is 0 Å². The van der Waals surface area contributed by atoms with Crippen molar-refractivity contribution in [3.05, 3.63) is 72.3 Å². The Kier molecular flexibility index (Phi) is 5.70. The van der Waals surface area contributed by atoms with Gasteiger partial charge < -0.3 is 14.6 Å². The van der Waals surface area contributed by atoms with E-state index in [1.807, 2.05) is 39.8 Å². The Morgan fingerprint density at radius 3 is 2.41 bits per heavy atom. The number of hydrogen-bond acceptors (Lipinski definition) is 3. The van der Waals surface area contributed by atoms with Crippen LogP contribution in [0.25, 0.3) is 33.5 Å². The number of fused-ring (bicyclic) bond motifs is 1. The number of nitrogens with zero attached hydrogens (tertiary/aromatic N) is 3. The summed E-state index contributed by atoms with van der Waals surface area (Å²) in [4.78, 5) is 19.2. The largest absolute Gasteiger partial charge is 0.508 e. The van der Waals surface area contributed by atoms with E-state index in [1.54, 1.807) is 18.2 Å². The Labute approximate surface area is 212 Å². The number of imidazole rings is 1. The third-order valence-corrected chi connectivity index (χ3v) is 7.36. The summed E-state index contributed by atoms with van der Waals surface area (Å²) in [6.07, 6.45) is -1.73. The molecule has 0 bridgehead atoms. The molecule has 6 rings (SSSR count).